The van der Waals surface area contributed by atoms with E-state index in [2.05, 4.69) is 20.6 Å². The number of hydrogen-bond acceptors (Lipinski definition) is 6. The number of aryl methyl sites for hydroxylation is 1. The topological polar surface area (TPSA) is 102 Å². The SMILES string of the molecule is O=C(N[C@H]1CC[C@@H](CCn2cc(-c3ccccn3)nn2)O[C@@H]1CO)c1ccc(F)cc1. The van der Waals surface area contributed by atoms with Crippen LogP contribution in [0.4, 0.5) is 4.39 Å². The van der Waals surface area contributed by atoms with E-state index in [1.807, 2.05) is 24.4 Å². The highest BCUT2D eigenvalue weighted by Crippen LogP contribution is 2.23. The molecule has 1 saturated heterocycles. The van der Waals surface area contributed by atoms with E-state index in [-0.39, 0.29) is 24.7 Å². The molecule has 162 valence electrons. The van der Waals surface area contributed by atoms with Gasteiger partial charge in [-0.2, -0.15) is 0 Å². The molecular formula is C22H24FN5O3. The van der Waals surface area contributed by atoms with Gasteiger partial charge in [0.05, 0.1) is 30.6 Å². The third kappa shape index (κ3) is 5.31. The number of carbonyl (C=O) groups is 1. The van der Waals surface area contributed by atoms with Gasteiger partial charge >= 0.3 is 0 Å². The van der Waals surface area contributed by atoms with Gasteiger partial charge in [-0.15, -0.1) is 5.10 Å². The molecule has 1 aliphatic rings. The Morgan fingerprint density at radius 3 is 2.77 bits per heavy atom. The van der Waals surface area contributed by atoms with E-state index in [0.29, 0.717) is 30.6 Å². The summed E-state index contributed by atoms with van der Waals surface area (Å²) in [6, 6.07) is 10.7. The maximum atomic E-state index is 13.1. The number of nitrogens with zero attached hydrogens (tertiary/aromatic N) is 4. The Kier molecular flexibility index (Phi) is 6.63. The van der Waals surface area contributed by atoms with Gasteiger partial charge in [0.15, 0.2) is 0 Å². The lowest BCUT2D eigenvalue weighted by molar-refractivity contribution is -0.0912. The predicted molar refractivity (Wildman–Crippen MR) is 111 cm³/mol. The number of aromatic nitrogens is 4. The molecule has 3 atom stereocenters. The van der Waals surface area contributed by atoms with E-state index in [9.17, 15) is 14.3 Å². The summed E-state index contributed by atoms with van der Waals surface area (Å²) in [5.74, 6) is -0.705. The molecule has 2 aromatic heterocycles. The Balaban J connectivity index is 1.29. The minimum Gasteiger partial charge on any atom is -0.394 e. The van der Waals surface area contributed by atoms with Gasteiger partial charge in [-0.1, -0.05) is 11.3 Å². The van der Waals surface area contributed by atoms with Crippen molar-refractivity contribution < 1.29 is 19.0 Å². The van der Waals surface area contributed by atoms with Gasteiger partial charge in [-0.3, -0.25) is 14.5 Å². The molecule has 2 N–H and O–H groups in total. The second-order valence-electron chi connectivity index (χ2n) is 7.51. The monoisotopic (exact) mass is 425 g/mol. The summed E-state index contributed by atoms with van der Waals surface area (Å²) in [6.45, 7) is 0.424. The van der Waals surface area contributed by atoms with Crippen LogP contribution in [0, 0.1) is 5.82 Å². The molecule has 9 heteroatoms. The summed E-state index contributed by atoms with van der Waals surface area (Å²) < 4.78 is 20.8. The fraction of sp³-hybridized carbons (Fsp3) is 0.364. The number of pyridine rings is 1. The third-order valence-electron chi connectivity index (χ3n) is 5.36. The fourth-order valence-corrected chi connectivity index (χ4v) is 3.68. The second-order valence-corrected chi connectivity index (χ2v) is 7.51. The molecule has 0 aliphatic carbocycles. The quantitative estimate of drug-likeness (QED) is 0.602. The first-order valence-corrected chi connectivity index (χ1v) is 10.3. The smallest absolute Gasteiger partial charge is 0.251 e. The molecule has 0 unspecified atom stereocenters. The van der Waals surface area contributed by atoms with E-state index >= 15 is 0 Å². The summed E-state index contributed by atoms with van der Waals surface area (Å²) in [5, 5.41) is 21.0. The summed E-state index contributed by atoms with van der Waals surface area (Å²) >= 11 is 0. The number of ether oxygens (including phenoxy) is 1. The van der Waals surface area contributed by atoms with E-state index in [1.54, 1.807) is 10.9 Å². The Hall–Kier alpha value is -3.17. The van der Waals surface area contributed by atoms with Gasteiger partial charge < -0.3 is 15.2 Å². The molecule has 0 spiro atoms. The number of nitrogens with one attached hydrogen (secondary N) is 1. The molecule has 8 nitrogen and oxygen atoms in total. The van der Waals surface area contributed by atoms with Crippen LogP contribution in [0.5, 0.6) is 0 Å². The third-order valence-corrected chi connectivity index (χ3v) is 5.36. The van der Waals surface area contributed by atoms with Crippen molar-refractivity contribution in [3.63, 3.8) is 0 Å². The molecule has 1 aromatic carbocycles. The van der Waals surface area contributed by atoms with Crippen LogP contribution in [0.3, 0.4) is 0 Å². The van der Waals surface area contributed by atoms with E-state index in [4.69, 9.17) is 4.74 Å². The minimum atomic E-state index is -0.497. The summed E-state index contributed by atoms with van der Waals surface area (Å²) in [4.78, 5) is 16.7. The van der Waals surface area contributed by atoms with Crippen LogP contribution in [-0.4, -0.2) is 55.8 Å². The van der Waals surface area contributed by atoms with Crippen LogP contribution in [0.1, 0.15) is 29.6 Å². The fourth-order valence-electron chi connectivity index (χ4n) is 3.68. The molecule has 3 aromatic rings. The number of amides is 1. The van der Waals surface area contributed by atoms with Gasteiger partial charge in [-0.25, -0.2) is 4.39 Å². The van der Waals surface area contributed by atoms with Crippen LogP contribution in [0.2, 0.25) is 0 Å². The van der Waals surface area contributed by atoms with Crippen molar-refractivity contribution >= 4 is 5.91 Å². The minimum absolute atomic E-state index is 0.0568. The lowest BCUT2D eigenvalue weighted by Crippen LogP contribution is -2.51. The Morgan fingerprint density at radius 1 is 1.19 bits per heavy atom. The first-order valence-electron chi connectivity index (χ1n) is 10.3. The molecule has 0 radical (unpaired) electrons. The van der Waals surface area contributed by atoms with Crippen LogP contribution in [0.25, 0.3) is 11.4 Å². The summed E-state index contributed by atoms with van der Waals surface area (Å²) in [5.41, 5.74) is 1.85. The molecule has 1 fully saturated rings. The number of benzene rings is 1. The summed E-state index contributed by atoms with van der Waals surface area (Å²) in [7, 11) is 0. The molecule has 1 aliphatic heterocycles. The zero-order valence-electron chi connectivity index (χ0n) is 16.9. The van der Waals surface area contributed by atoms with Gasteiger partial charge in [0, 0.05) is 18.3 Å². The number of aliphatic hydroxyl groups is 1. The average molecular weight is 425 g/mol. The van der Waals surface area contributed by atoms with Crippen molar-refractivity contribution in [1.82, 2.24) is 25.3 Å². The van der Waals surface area contributed by atoms with Crippen LogP contribution in [0.15, 0.2) is 54.9 Å². The first-order chi connectivity index (χ1) is 15.1. The van der Waals surface area contributed by atoms with Crippen LogP contribution >= 0.6 is 0 Å². The molecule has 31 heavy (non-hydrogen) atoms. The molecule has 0 bridgehead atoms. The molecule has 4 rings (SSSR count). The Morgan fingerprint density at radius 2 is 2.03 bits per heavy atom. The first kappa shape index (κ1) is 21.1. The highest BCUT2D eigenvalue weighted by atomic mass is 19.1. The average Bonchev–Trinajstić information content (AvgIpc) is 3.28. The van der Waals surface area contributed by atoms with Crippen molar-refractivity contribution in [3.05, 3.63) is 66.2 Å². The Labute approximate surface area is 179 Å². The van der Waals surface area contributed by atoms with Gasteiger partial charge in [0.25, 0.3) is 5.91 Å². The molecule has 1 amide bonds. The summed E-state index contributed by atoms with van der Waals surface area (Å²) in [6.07, 6.45) is 5.14. The normalized spacial score (nSPS) is 21.0. The standard InChI is InChI=1S/C22H24FN5O3/c23-16-6-4-15(5-7-16)22(30)25-19-9-8-17(31-21(19)14-29)10-12-28-13-20(26-27-28)18-3-1-2-11-24-18/h1-7,11,13,17,19,21,29H,8-10,12,14H2,(H,25,30)/t17-,19-,21+/m0/s1. The maximum Gasteiger partial charge on any atom is 0.251 e. The number of hydrogen-bond donors (Lipinski definition) is 2. The van der Waals surface area contributed by atoms with E-state index in [1.165, 1.54) is 24.3 Å². The number of aliphatic hydroxyl groups excluding tert-OH is 1. The van der Waals surface area contributed by atoms with Crippen molar-refractivity contribution in [1.29, 1.82) is 0 Å². The zero-order chi connectivity index (χ0) is 21.6. The van der Waals surface area contributed by atoms with Gasteiger partial charge in [-0.05, 0) is 55.7 Å². The lowest BCUT2D eigenvalue weighted by Gasteiger charge is -2.36. The van der Waals surface area contributed by atoms with Gasteiger partial charge in [0.2, 0.25) is 0 Å². The highest BCUT2D eigenvalue weighted by molar-refractivity contribution is 5.94. The van der Waals surface area contributed by atoms with E-state index < -0.39 is 11.9 Å². The molecule has 0 saturated carbocycles. The largest absolute Gasteiger partial charge is 0.394 e. The van der Waals surface area contributed by atoms with Crippen molar-refractivity contribution in [3.8, 4) is 11.4 Å². The van der Waals surface area contributed by atoms with Gasteiger partial charge in [0.1, 0.15) is 17.6 Å². The zero-order valence-corrected chi connectivity index (χ0v) is 16.9. The predicted octanol–water partition coefficient (Wildman–Crippen LogP) is 2.21. The maximum absolute atomic E-state index is 13.1. The lowest BCUT2D eigenvalue weighted by atomic mass is 9.96. The molecular weight excluding hydrogens is 401 g/mol. The van der Waals surface area contributed by atoms with Crippen LogP contribution in [-0.2, 0) is 11.3 Å². The second kappa shape index (κ2) is 9.76. The highest BCUT2D eigenvalue weighted by Gasteiger charge is 2.32. The van der Waals surface area contributed by atoms with Crippen molar-refractivity contribution in [2.75, 3.05) is 6.61 Å². The number of halogens is 1. The van der Waals surface area contributed by atoms with Crippen molar-refractivity contribution in [2.45, 2.75) is 44.1 Å². The molecule has 3 heterocycles. The van der Waals surface area contributed by atoms with E-state index in [0.717, 1.165) is 12.1 Å². The van der Waals surface area contributed by atoms with Crippen molar-refractivity contribution in [2.24, 2.45) is 0 Å². The number of rotatable bonds is 7. The van der Waals surface area contributed by atoms with Crippen LogP contribution < -0.4 is 5.32 Å². The Bertz CT molecular complexity index is 996. The number of carbonyl (C=O) groups excluding carboxylic acids is 1.